The zero-order chi connectivity index (χ0) is 10.9. The van der Waals surface area contributed by atoms with E-state index in [2.05, 4.69) is 20.9 Å². The lowest BCUT2D eigenvalue weighted by atomic mass is 10.1. The van der Waals surface area contributed by atoms with Crippen LogP contribution in [-0.4, -0.2) is 10.2 Å². The molecule has 0 radical (unpaired) electrons. The lowest BCUT2D eigenvalue weighted by Crippen LogP contribution is -2.02. The molecule has 0 bridgehead atoms. The first-order valence-corrected chi connectivity index (χ1v) is 4.75. The Morgan fingerprint density at radius 1 is 1.64 bits per heavy atom. The van der Waals surface area contributed by atoms with E-state index in [1.807, 2.05) is 0 Å². The van der Waals surface area contributed by atoms with Crippen LogP contribution >= 0.6 is 27.5 Å². The average Bonchev–Trinajstić information content (AvgIpc) is 2.02. The van der Waals surface area contributed by atoms with Gasteiger partial charge in [0.05, 0.1) is 5.56 Å². The summed E-state index contributed by atoms with van der Waals surface area (Å²) in [5, 5.41) is -0.802. The Morgan fingerprint density at radius 3 is 2.64 bits per heavy atom. The maximum Gasteiger partial charge on any atom is 0.265 e. The highest BCUT2D eigenvalue weighted by Gasteiger charge is 2.19. The number of pyridine rings is 1. The van der Waals surface area contributed by atoms with Crippen LogP contribution in [0.15, 0.2) is 10.8 Å². The molecule has 0 saturated carbocycles. The van der Waals surface area contributed by atoms with Gasteiger partial charge < -0.3 is 0 Å². The summed E-state index contributed by atoms with van der Waals surface area (Å²) in [6, 6.07) is 0. The number of halogens is 4. The molecule has 0 N–H and O–H groups in total. The lowest BCUT2D eigenvalue weighted by molar-refractivity contribution is 0.107. The Kier molecular flexibility index (Phi) is 3.55. The summed E-state index contributed by atoms with van der Waals surface area (Å²) in [4.78, 5) is 14.5. The van der Waals surface area contributed by atoms with Gasteiger partial charge in [-0.2, -0.15) is 0 Å². The predicted octanol–water partition coefficient (Wildman–Crippen LogP) is 3.47. The summed E-state index contributed by atoms with van der Waals surface area (Å²) in [6.45, 7) is 1.41. The minimum absolute atomic E-state index is 0.00975. The second-order valence-electron chi connectivity index (χ2n) is 2.58. The highest BCUT2D eigenvalue weighted by Crippen LogP contribution is 2.28. The van der Waals surface area contributed by atoms with Crippen LogP contribution in [0.4, 0.5) is 8.78 Å². The van der Waals surface area contributed by atoms with E-state index in [9.17, 15) is 13.6 Å². The first kappa shape index (κ1) is 11.5. The van der Waals surface area contributed by atoms with Crippen molar-refractivity contribution < 1.29 is 13.6 Å². The maximum absolute atomic E-state index is 12.4. The number of aromatic nitrogens is 1. The van der Waals surface area contributed by atoms with E-state index in [4.69, 9.17) is 11.6 Å². The van der Waals surface area contributed by atoms with Crippen molar-refractivity contribution in [1.82, 2.24) is 4.98 Å². The molecule has 0 atom stereocenters. The molecule has 1 aromatic heterocycles. The number of alkyl halides is 2. The molecule has 14 heavy (non-hydrogen) atoms. The Labute approximate surface area is 92.4 Å². The number of carbonyl (C=O) groups is 1. The molecule has 1 rings (SSSR count). The highest BCUT2D eigenvalue weighted by molar-refractivity contribution is 9.10. The van der Waals surface area contributed by atoms with E-state index in [-0.39, 0.29) is 21.3 Å². The first-order chi connectivity index (χ1) is 6.45. The van der Waals surface area contributed by atoms with Crippen molar-refractivity contribution in [3.63, 3.8) is 0 Å². The van der Waals surface area contributed by atoms with Crippen molar-refractivity contribution in [2.75, 3.05) is 0 Å². The van der Waals surface area contributed by atoms with Gasteiger partial charge in [0.15, 0.2) is 0 Å². The molecule has 6 heteroatoms. The van der Waals surface area contributed by atoms with Gasteiger partial charge >= 0.3 is 0 Å². The summed E-state index contributed by atoms with van der Waals surface area (Å²) in [7, 11) is 0. The third kappa shape index (κ3) is 2.09. The van der Waals surface area contributed by atoms with E-state index in [1.54, 1.807) is 0 Å². The van der Waals surface area contributed by atoms with Crippen LogP contribution in [0.3, 0.4) is 0 Å². The summed E-state index contributed by atoms with van der Waals surface area (Å²) in [5.74, 6) is 0. The van der Waals surface area contributed by atoms with Crippen molar-refractivity contribution in [2.45, 2.75) is 13.3 Å². The second kappa shape index (κ2) is 4.31. The zero-order valence-electron chi connectivity index (χ0n) is 7.02. The number of rotatable bonds is 2. The van der Waals surface area contributed by atoms with E-state index in [0.717, 1.165) is 6.20 Å². The summed E-state index contributed by atoms with van der Waals surface area (Å²) >= 11 is 8.21. The quantitative estimate of drug-likeness (QED) is 0.615. The minimum atomic E-state index is -2.66. The highest BCUT2D eigenvalue weighted by atomic mass is 79.9. The zero-order valence-corrected chi connectivity index (χ0v) is 9.36. The summed E-state index contributed by atoms with van der Waals surface area (Å²) < 4.78 is 25.0. The van der Waals surface area contributed by atoms with Gasteiger partial charge in [0.1, 0.15) is 4.60 Å². The molecule has 0 aliphatic carbocycles. The molecule has 1 heterocycles. The van der Waals surface area contributed by atoms with Crippen molar-refractivity contribution in [3.05, 3.63) is 27.5 Å². The third-order valence-electron chi connectivity index (χ3n) is 1.76. The lowest BCUT2D eigenvalue weighted by Gasteiger charge is -2.08. The van der Waals surface area contributed by atoms with E-state index < -0.39 is 11.7 Å². The molecule has 0 fully saturated rings. The van der Waals surface area contributed by atoms with Crippen LogP contribution in [0.2, 0.25) is 0 Å². The summed E-state index contributed by atoms with van der Waals surface area (Å²) in [6.07, 6.45) is -1.64. The third-order valence-corrected chi connectivity index (χ3v) is 2.55. The maximum atomic E-state index is 12.4. The Balaban J connectivity index is 3.41. The van der Waals surface area contributed by atoms with Gasteiger partial charge in [-0.15, -0.1) is 0 Å². The predicted molar refractivity (Wildman–Crippen MR) is 51.8 cm³/mol. The van der Waals surface area contributed by atoms with Crippen molar-refractivity contribution in [1.29, 1.82) is 0 Å². The Morgan fingerprint density at radius 2 is 2.21 bits per heavy atom. The van der Waals surface area contributed by atoms with Crippen LogP contribution in [0.5, 0.6) is 0 Å². The fourth-order valence-corrected chi connectivity index (χ4v) is 1.96. The molecule has 0 aliphatic rings. The second-order valence-corrected chi connectivity index (χ2v) is 3.67. The molecular formula is C8H5BrClF2NO. The smallest absolute Gasteiger partial charge is 0.265 e. The van der Waals surface area contributed by atoms with E-state index >= 15 is 0 Å². The molecule has 0 aromatic carbocycles. The molecule has 1 aromatic rings. The van der Waals surface area contributed by atoms with Gasteiger partial charge in [-0.3, -0.25) is 4.79 Å². The van der Waals surface area contributed by atoms with Gasteiger partial charge in [-0.25, -0.2) is 13.8 Å². The number of hydrogen-bond acceptors (Lipinski definition) is 2. The Bertz CT molecular complexity index is 384. The van der Waals surface area contributed by atoms with Gasteiger partial charge in [-0.1, -0.05) is 0 Å². The van der Waals surface area contributed by atoms with Crippen molar-refractivity contribution in [2.24, 2.45) is 0 Å². The molecule has 0 amide bonds. The van der Waals surface area contributed by atoms with Crippen LogP contribution in [0.1, 0.15) is 27.9 Å². The normalized spacial score (nSPS) is 10.7. The van der Waals surface area contributed by atoms with Gasteiger partial charge in [0, 0.05) is 11.8 Å². The fraction of sp³-hybridized carbons (Fsp3) is 0.250. The topological polar surface area (TPSA) is 30.0 Å². The van der Waals surface area contributed by atoms with Gasteiger partial charge in [-0.05, 0) is 40.0 Å². The Hall–Kier alpha value is -0.550. The monoisotopic (exact) mass is 283 g/mol. The number of hydrogen-bond donors (Lipinski definition) is 0. The van der Waals surface area contributed by atoms with Crippen LogP contribution < -0.4 is 0 Å². The first-order valence-electron chi connectivity index (χ1n) is 3.58. The fourth-order valence-electron chi connectivity index (χ4n) is 1.04. The molecule has 76 valence electrons. The molecule has 0 aliphatic heterocycles. The van der Waals surface area contributed by atoms with E-state index in [1.165, 1.54) is 6.92 Å². The van der Waals surface area contributed by atoms with Crippen LogP contribution in [-0.2, 0) is 0 Å². The summed E-state index contributed by atoms with van der Waals surface area (Å²) in [5.41, 5.74) is -0.136. The molecule has 0 unspecified atom stereocenters. The standard InChI is InChI=1S/C8H5BrClF2NO/c1-3-4(8(11)12)2-13-6(9)5(3)7(10)14/h2,8H,1H3. The minimum Gasteiger partial charge on any atom is -0.275 e. The number of carbonyl (C=O) groups excluding carboxylic acids is 1. The van der Waals surface area contributed by atoms with Crippen molar-refractivity contribution >= 4 is 32.8 Å². The average molecular weight is 284 g/mol. The number of nitrogens with zero attached hydrogens (tertiary/aromatic N) is 1. The molecule has 0 spiro atoms. The van der Waals surface area contributed by atoms with Gasteiger partial charge in [0.2, 0.25) is 0 Å². The van der Waals surface area contributed by atoms with Gasteiger partial charge in [0.25, 0.3) is 11.7 Å². The largest absolute Gasteiger partial charge is 0.275 e. The van der Waals surface area contributed by atoms with E-state index in [0.29, 0.717) is 0 Å². The SMILES string of the molecule is Cc1c(C(F)F)cnc(Br)c1C(=O)Cl. The molecular weight excluding hydrogens is 279 g/mol. The van der Waals surface area contributed by atoms with Crippen molar-refractivity contribution in [3.8, 4) is 0 Å². The molecule has 2 nitrogen and oxygen atoms in total. The van der Waals surface area contributed by atoms with Crippen LogP contribution in [0.25, 0.3) is 0 Å². The van der Waals surface area contributed by atoms with Crippen LogP contribution in [0, 0.1) is 6.92 Å². The molecule has 0 saturated heterocycles.